The van der Waals surface area contributed by atoms with Crippen LogP contribution < -0.4 is 5.32 Å². The van der Waals surface area contributed by atoms with Gasteiger partial charge in [-0.25, -0.2) is 9.69 Å². The molecule has 22 heavy (non-hydrogen) atoms. The first-order chi connectivity index (χ1) is 10.4. The molecule has 1 heterocycles. The lowest BCUT2D eigenvalue weighted by Crippen LogP contribution is -2.39. The number of nitrogens with one attached hydrogen (secondary N) is 1. The summed E-state index contributed by atoms with van der Waals surface area (Å²) in [7, 11) is 0. The van der Waals surface area contributed by atoms with Gasteiger partial charge >= 0.3 is 17.8 Å². The molecule has 1 aromatic rings. The number of nitrogens with zero attached hydrogens (tertiary/aromatic N) is 2. The molecular formula is C15H17N3O4. The summed E-state index contributed by atoms with van der Waals surface area (Å²) in [5, 5.41) is 2.60. The maximum absolute atomic E-state index is 12.0. The van der Waals surface area contributed by atoms with Crippen LogP contribution in [0.15, 0.2) is 24.3 Å². The highest BCUT2D eigenvalue weighted by Gasteiger charge is 2.44. The summed E-state index contributed by atoms with van der Waals surface area (Å²) in [6, 6.07) is 6.39. The maximum Gasteiger partial charge on any atom is 0.334 e. The highest BCUT2D eigenvalue weighted by atomic mass is 16.2. The van der Waals surface area contributed by atoms with E-state index in [9.17, 15) is 19.2 Å². The van der Waals surface area contributed by atoms with Gasteiger partial charge in [-0.2, -0.15) is 0 Å². The Morgan fingerprint density at radius 2 is 1.82 bits per heavy atom. The van der Waals surface area contributed by atoms with Crippen molar-refractivity contribution in [3.63, 3.8) is 0 Å². The number of carbonyl (C=O) groups is 4. The lowest BCUT2D eigenvalue weighted by atomic mass is 10.2. The quantitative estimate of drug-likeness (QED) is 0.652. The van der Waals surface area contributed by atoms with Crippen LogP contribution in [0.2, 0.25) is 0 Å². The molecule has 0 atom stereocenters. The lowest BCUT2D eigenvalue weighted by molar-refractivity contribution is -0.143. The van der Waals surface area contributed by atoms with Crippen LogP contribution in [0.5, 0.6) is 0 Å². The fourth-order valence-corrected chi connectivity index (χ4v) is 2.18. The van der Waals surface area contributed by atoms with Crippen molar-refractivity contribution >= 4 is 29.4 Å². The normalized spacial score (nSPS) is 14.7. The first kappa shape index (κ1) is 15.7. The van der Waals surface area contributed by atoms with Crippen LogP contribution in [0, 0.1) is 6.92 Å². The molecule has 1 aliphatic heterocycles. The van der Waals surface area contributed by atoms with Gasteiger partial charge in [0.1, 0.15) is 6.54 Å². The molecule has 1 N–H and O–H groups in total. The van der Waals surface area contributed by atoms with Gasteiger partial charge in [0.15, 0.2) is 0 Å². The van der Waals surface area contributed by atoms with E-state index in [2.05, 4.69) is 5.32 Å². The van der Waals surface area contributed by atoms with Crippen molar-refractivity contribution in [1.29, 1.82) is 0 Å². The smallest absolute Gasteiger partial charge is 0.325 e. The van der Waals surface area contributed by atoms with E-state index in [4.69, 9.17) is 0 Å². The third-order valence-corrected chi connectivity index (χ3v) is 3.19. The molecule has 0 bridgehead atoms. The molecule has 1 fully saturated rings. The number of urea groups is 1. The van der Waals surface area contributed by atoms with Crippen LogP contribution in [-0.4, -0.2) is 46.6 Å². The van der Waals surface area contributed by atoms with E-state index < -0.39 is 30.3 Å². The van der Waals surface area contributed by atoms with Gasteiger partial charge in [-0.3, -0.25) is 19.3 Å². The molecule has 1 saturated heterocycles. The number of imide groups is 2. The molecule has 7 heteroatoms. The maximum atomic E-state index is 12.0. The Bertz CT molecular complexity index is 641. The Hall–Kier alpha value is -2.70. The summed E-state index contributed by atoms with van der Waals surface area (Å²) >= 11 is 0. The van der Waals surface area contributed by atoms with Gasteiger partial charge in [0.2, 0.25) is 5.91 Å². The monoisotopic (exact) mass is 303 g/mol. The average Bonchev–Trinajstić information content (AvgIpc) is 2.65. The largest absolute Gasteiger partial charge is 0.334 e. The number of rotatable bonds is 5. The van der Waals surface area contributed by atoms with E-state index in [0.29, 0.717) is 17.0 Å². The minimum atomic E-state index is -0.960. The van der Waals surface area contributed by atoms with Gasteiger partial charge in [-0.1, -0.05) is 19.1 Å². The van der Waals surface area contributed by atoms with Crippen LogP contribution in [0.3, 0.4) is 0 Å². The molecule has 0 aliphatic carbocycles. The molecule has 0 radical (unpaired) electrons. The molecule has 116 valence electrons. The lowest BCUT2D eigenvalue weighted by Gasteiger charge is -2.14. The minimum Gasteiger partial charge on any atom is -0.325 e. The first-order valence-electron chi connectivity index (χ1n) is 6.98. The Morgan fingerprint density at radius 1 is 1.14 bits per heavy atom. The second-order valence-corrected chi connectivity index (χ2v) is 5.05. The Labute approximate surface area is 127 Å². The van der Waals surface area contributed by atoms with Crippen molar-refractivity contribution in [3.05, 3.63) is 29.8 Å². The molecule has 0 spiro atoms. The summed E-state index contributed by atoms with van der Waals surface area (Å²) in [6.45, 7) is 3.36. The molecular weight excluding hydrogens is 286 g/mol. The van der Waals surface area contributed by atoms with Crippen LogP contribution in [-0.2, 0) is 14.4 Å². The van der Waals surface area contributed by atoms with Gasteiger partial charge in [0.05, 0.1) is 0 Å². The number of amides is 5. The van der Waals surface area contributed by atoms with E-state index in [1.807, 2.05) is 13.0 Å². The molecule has 0 aromatic heterocycles. The second-order valence-electron chi connectivity index (χ2n) is 5.05. The molecule has 2 rings (SSSR count). The summed E-state index contributed by atoms with van der Waals surface area (Å²) in [6.07, 6.45) is 0.550. The van der Waals surface area contributed by atoms with Gasteiger partial charge in [0.25, 0.3) is 0 Å². The standard InChI is InChI=1S/C15H17N3O4/c1-3-7-17-13(20)14(21)18(15(17)22)9-12(19)16-11-6-4-5-10(2)8-11/h4-6,8H,3,7,9H2,1-2H3,(H,16,19). The van der Waals surface area contributed by atoms with Crippen molar-refractivity contribution in [3.8, 4) is 0 Å². The Kier molecular flexibility index (Phi) is 4.55. The summed E-state index contributed by atoms with van der Waals surface area (Å²) in [5.41, 5.74) is 1.54. The topological polar surface area (TPSA) is 86.8 Å². The zero-order valence-corrected chi connectivity index (χ0v) is 12.5. The van der Waals surface area contributed by atoms with Crippen molar-refractivity contribution in [2.75, 3.05) is 18.4 Å². The van der Waals surface area contributed by atoms with Gasteiger partial charge in [-0.15, -0.1) is 0 Å². The highest BCUT2D eigenvalue weighted by Crippen LogP contribution is 2.13. The zero-order valence-electron chi connectivity index (χ0n) is 12.5. The Balaban J connectivity index is 2.04. The van der Waals surface area contributed by atoms with Crippen LogP contribution in [0.25, 0.3) is 0 Å². The van der Waals surface area contributed by atoms with Crippen LogP contribution in [0.4, 0.5) is 10.5 Å². The number of aryl methyl sites for hydroxylation is 1. The predicted octanol–water partition coefficient (Wildman–Crippen LogP) is 1.13. The SMILES string of the molecule is CCCN1C(=O)C(=O)N(CC(=O)Nc2cccc(C)c2)C1=O. The van der Waals surface area contributed by atoms with E-state index in [0.717, 1.165) is 10.5 Å². The van der Waals surface area contributed by atoms with E-state index >= 15 is 0 Å². The highest BCUT2D eigenvalue weighted by molar-refractivity contribution is 6.45. The second kappa shape index (κ2) is 6.38. The molecule has 1 aromatic carbocycles. The Morgan fingerprint density at radius 3 is 2.45 bits per heavy atom. The van der Waals surface area contributed by atoms with Crippen LogP contribution in [0.1, 0.15) is 18.9 Å². The van der Waals surface area contributed by atoms with Crippen LogP contribution >= 0.6 is 0 Å². The number of benzene rings is 1. The van der Waals surface area contributed by atoms with E-state index in [1.54, 1.807) is 25.1 Å². The van der Waals surface area contributed by atoms with Crippen molar-refractivity contribution in [1.82, 2.24) is 9.80 Å². The van der Waals surface area contributed by atoms with Crippen molar-refractivity contribution in [2.24, 2.45) is 0 Å². The summed E-state index contributed by atoms with van der Waals surface area (Å²) < 4.78 is 0. The fraction of sp³-hybridized carbons (Fsp3) is 0.333. The zero-order chi connectivity index (χ0) is 16.3. The minimum absolute atomic E-state index is 0.166. The fourth-order valence-electron chi connectivity index (χ4n) is 2.18. The van der Waals surface area contributed by atoms with E-state index in [-0.39, 0.29) is 6.54 Å². The predicted molar refractivity (Wildman–Crippen MR) is 78.9 cm³/mol. The van der Waals surface area contributed by atoms with Gasteiger partial charge in [0, 0.05) is 12.2 Å². The first-order valence-corrected chi connectivity index (χ1v) is 6.98. The van der Waals surface area contributed by atoms with Gasteiger partial charge < -0.3 is 5.32 Å². The molecule has 5 amide bonds. The number of carbonyl (C=O) groups excluding carboxylic acids is 4. The van der Waals surface area contributed by atoms with Crippen molar-refractivity contribution in [2.45, 2.75) is 20.3 Å². The van der Waals surface area contributed by atoms with Gasteiger partial charge in [-0.05, 0) is 31.0 Å². The molecule has 1 aliphatic rings. The molecule has 0 unspecified atom stereocenters. The average molecular weight is 303 g/mol. The molecule has 0 saturated carbocycles. The summed E-state index contributed by atoms with van der Waals surface area (Å²) in [4.78, 5) is 48.9. The van der Waals surface area contributed by atoms with Crippen molar-refractivity contribution < 1.29 is 19.2 Å². The third kappa shape index (κ3) is 3.13. The summed E-state index contributed by atoms with van der Waals surface area (Å²) in [5.74, 6) is -2.37. The molecule has 7 nitrogen and oxygen atoms in total. The van der Waals surface area contributed by atoms with E-state index in [1.165, 1.54) is 0 Å². The number of anilines is 1. The number of hydrogen-bond donors (Lipinski definition) is 1. The third-order valence-electron chi connectivity index (χ3n) is 3.19. The number of hydrogen-bond acceptors (Lipinski definition) is 4.